The predicted octanol–water partition coefficient (Wildman–Crippen LogP) is 6.83. The van der Waals surface area contributed by atoms with E-state index in [0.717, 1.165) is 11.1 Å². The number of rotatable bonds is 8. The van der Waals surface area contributed by atoms with Crippen molar-refractivity contribution < 1.29 is 14.3 Å². The summed E-state index contributed by atoms with van der Waals surface area (Å²) in [6.45, 7) is 4.70. The Morgan fingerprint density at radius 1 is 1.06 bits per heavy atom. The molecule has 3 aromatic rings. The van der Waals surface area contributed by atoms with E-state index in [1.807, 2.05) is 44.2 Å². The zero-order valence-corrected chi connectivity index (χ0v) is 19.7. The van der Waals surface area contributed by atoms with Gasteiger partial charge < -0.3 is 14.8 Å². The molecule has 0 fully saturated rings. The normalized spacial score (nSPS) is 10.9. The lowest BCUT2D eigenvalue weighted by Gasteiger charge is -2.11. The first kappa shape index (κ1) is 24.2. The second-order valence-corrected chi connectivity index (χ2v) is 7.99. The molecule has 0 aliphatic rings. The van der Waals surface area contributed by atoms with Gasteiger partial charge in [-0.25, -0.2) is 0 Å². The van der Waals surface area contributed by atoms with Crippen molar-refractivity contribution in [3.63, 3.8) is 0 Å². The van der Waals surface area contributed by atoms with Gasteiger partial charge in [0.25, 0.3) is 5.91 Å². The number of hydrogen-bond acceptors (Lipinski definition) is 4. The van der Waals surface area contributed by atoms with Crippen molar-refractivity contribution in [2.45, 2.75) is 20.5 Å². The van der Waals surface area contributed by atoms with E-state index in [1.54, 1.807) is 36.4 Å². The molecule has 7 heteroatoms. The lowest BCUT2D eigenvalue weighted by Crippen LogP contribution is -2.13. The number of nitrogens with zero attached hydrogens (tertiary/aromatic N) is 1. The summed E-state index contributed by atoms with van der Waals surface area (Å²) in [6, 6.07) is 20.0. The highest BCUT2D eigenvalue weighted by Crippen LogP contribution is 2.35. The van der Waals surface area contributed by atoms with Gasteiger partial charge in [0.15, 0.2) is 5.75 Å². The van der Waals surface area contributed by atoms with Gasteiger partial charge >= 0.3 is 0 Å². The molecule has 0 aliphatic carbocycles. The number of carbonyl (C=O) groups excluding carboxylic acids is 1. The van der Waals surface area contributed by atoms with Crippen molar-refractivity contribution in [3.05, 3.63) is 93.0 Å². The van der Waals surface area contributed by atoms with Gasteiger partial charge in [-0.1, -0.05) is 59.1 Å². The maximum absolute atomic E-state index is 12.6. The largest absolute Gasteiger partial charge is 0.494 e. The van der Waals surface area contributed by atoms with E-state index in [1.165, 1.54) is 6.08 Å². The number of aryl methyl sites for hydroxylation is 1. The Balaban J connectivity index is 1.75. The van der Waals surface area contributed by atoms with Crippen LogP contribution >= 0.6 is 23.2 Å². The molecule has 0 bridgehead atoms. The van der Waals surface area contributed by atoms with Crippen molar-refractivity contribution in [1.29, 1.82) is 5.26 Å². The maximum atomic E-state index is 12.6. The van der Waals surface area contributed by atoms with Crippen LogP contribution < -0.4 is 14.8 Å². The number of halogens is 2. The van der Waals surface area contributed by atoms with Crippen molar-refractivity contribution >= 4 is 40.9 Å². The molecule has 0 spiro atoms. The summed E-state index contributed by atoms with van der Waals surface area (Å²) >= 11 is 12.7. The zero-order valence-electron chi connectivity index (χ0n) is 18.2. The Morgan fingerprint density at radius 2 is 1.76 bits per heavy atom. The van der Waals surface area contributed by atoms with Gasteiger partial charge in [-0.3, -0.25) is 4.79 Å². The Labute approximate surface area is 203 Å². The third kappa shape index (κ3) is 6.76. The molecule has 0 saturated heterocycles. The van der Waals surface area contributed by atoms with Gasteiger partial charge in [-0.05, 0) is 55.3 Å². The summed E-state index contributed by atoms with van der Waals surface area (Å²) in [7, 11) is 0. The van der Waals surface area contributed by atoms with Crippen molar-refractivity contribution in [2.75, 3.05) is 11.9 Å². The Morgan fingerprint density at radius 3 is 2.39 bits per heavy atom. The van der Waals surface area contributed by atoms with E-state index < -0.39 is 5.91 Å². The number of nitrogens with one attached hydrogen (secondary N) is 1. The molecule has 33 heavy (non-hydrogen) atoms. The minimum absolute atomic E-state index is 0.0997. The van der Waals surface area contributed by atoms with Crippen LogP contribution in [0.5, 0.6) is 11.5 Å². The van der Waals surface area contributed by atoms with E-state index in [-0.39, 0.29) is 15.6 Å². The second kappa shape index (κ2) is 11.4. The van der Waals surface area contributed by atoms with Crippen LogP contribution in [0.2, 0.25) is 10.0 Å². The Bertz CT molecular complexity index is 1190. The average Bonchev–Trinajstić information content (AvgIpc) is 2.78. The topological polar surface area (TPSA) is 71.3 Å². The molecule has 0 saturated carbocycles. The van der Waals surface area contributed by atoms with Crippen LogP contribution in [0.25, 0.3) is 6.08 Å². The second-order valence-electron chi connectivity index (χ2n) is 7.17. The van der Waals surface area contributed by atoms with Gasteiger partial charge in [0.2, 0.25) is 0 Å². The molecule has 1 amide bonds. The first-order valence-corrected chi connectivity index (χ1v) is 11.0. The van der Waals surface area contributed by atoms with Crippen LogP contribution in [0.3, 0.4) is 0 Å². The van der Waals surface area contributed by atoms with Crippen LogP contribution in [0.1, 0.15) is 23.6 Å². The third-order valence-electron chi connectivity index (χ3n) is 4.60. The smallest absolute Gasteiger partial charge is 0.266 e. The maximum Gasteiger partial charge on any atom is 0.266 e. The molecular formula is C26H22Cl2N2O3. The predicted molar refractivity (Wildman–Crippen MR) is 132 cm³/mol. The van der Waals surface area contributed by atoms with Gasteiger partial charge in [-0.15, -0.1) is 0 Å². The minimum Gasteiger partial charge on any atom is -0.494 e. The first-order chi connectivity index (χ1) is 15.9. The summed E-state index contributed by atoms with van der Waals surface area (Å²) in [5.41, 5.74) is 3.06. The summed E-state index contributed by atoms with van der Waals surface area (Å²) in [5.74, 6) is 0.405. The highest BCUT2D eigenvalue weighted by atomic mass is 35.5. The van der Waals surface area contributed by atoms with Crippen LogP contribution in [-0.2, 0) is 11.4 Å². The van der Waals surface area contributed by atoms with Crippen molar-refractivity contribution in [3.8, 4) is 17.6 Å². The summed E-state index contributed by atoms with van der Waals surface area (Å²) < 4.78 is 11.2. The number of amides is 1. The number of carbonyl (C=O) groups is 1. The van der Waals surface area contributed by atoms with E-state index in [9.17, 15) is 10.1 Å². The van der Waals surface area contributed by atoms with Gasteiger partial charge in [-0.2, -0.15) is 5.26 Å². The summed E-state index contributed by atoms with van der Waals surface area (Å²) in [6.07, 6.45) is 1.42. The number of ether oxygens (including phenoxy) is 2. The lowest BCUT2D eigenvalue weighted by atomic mass is 10.1. The fourth-order valence-corrected chi connectivity index (χ4v) is 3.60. The van der Waals surface area contributed by atoms with E-state index in [4.69, 9.17) is 32.7 Å². The quantitative estimate of drug-likeness (QED) is 0.283. The molecule has 1 N–H and O–H groups in total. The Hall–Kier alpha value is -3.46. The minimum atomic E-state index is -0.557. The van der Waals surface area contributed by atoms with Crippen molar-refractivity contribution in [2.24, 2.45) is 0 Å². The zero-order chi connectivity index (χ0) is 23.8. The average molecular weight is 481 g/mol. The van der Waals surface area contributed by atoms with Gasteiger partial charge in [0.05, 0.1) is 16.7 Å². The molecule has 0 aromatic heterocycles. The molecule has 3 aromatic carbocycles. The third-order valence-corrected chi connectivity index (χ3v) is 5.16. The fraction of sp³-hybridized carbons (Fsp3) is 0.154. The fourth-order valence-electron chi connectivity index (χ4n) is 2.98. The monoisotopic (exact) mass is 480 g/mol. The molecule has 0 atom stereocenters. The number of anilines is 1. The van der Waals surface area contributed by atoms with Crippen LogP contribution in [0, 0.1) is 18.3 Å². The highest BCUT2D eigenvalue weighted by Gasteiger charge is 2.13. The molecule has 0 aliphatic heterocycles. The SMILES string of the molecule is CCOc1cccc(NC(=O)/C(C#N)=C\c2cc(Cl)c(OCc3ccc(C)cc3)c(Cl)c2)c1. The number of benzene rings is 3. The van der Waals surface area contributed by atoms with Crippen LogP contribution in [0.4, 0.5) is 5.69 Å². The Kier molecular flexibility index (Phi) is 8.37. The molecule has 0 heterocycles. The van der Waals surface area contributed by atoms with Crippen molar-refractivity contribution in [1.82, 2.24) is 0 Å². The number of nitriles is 1. The van der Waals surface area contributed by atoms with E-state index in [0.29, 0.717) is 36.0 Å². The molecule has 3 rings (SSSR count). The summed E-state index contributed by atoms with van der Waals surface area (Å²) in [5, 5.41) is 12.8. The lowest BCUT2D eigenvalue weighted by molar-refractivity contribution is -0.112. The molecule has 0 radical (unpaired) electrons. The van der Waals surface area contributed by atoms with E-state index in [2.05, 4.69) is 5.32 Å². The standard InChI is InChI=1S/C26H22Cl2N2O3/c1-3-32-22-6-4-5-21(14-22)30-26(31)20(15-29)11-19-12-23(27)25(24(28)13-19)33-16-18-9-7-17(2)8-10-18/h4-14H,3,16H2,1-2H3,(H,30,31)/b20-11-. The van der Waals surface area contributed by atoms with Gasteiger partial charge in [0, 0.05) is 11.8 Å². The van der Waals surface area contributed by atoms with Crippen LogP contribution in [0.15, 0.2) is 66.2 Å². The van der Waals surface area contributed by atoms with E-state index >= 15 is 0 Å². The molecular weight excluding hydrogens is 459 g/mol. The number of hydrogen-bond donors (Lipinski definition) is 1. The summed E-state index contributed by atoms with van der Waals surface area (Å²) in [4.78, 5) is 12.6. The van der Waals surface area contributed by atoms with Gasteiger partial charge in [0.1, 0.15) is 24.0 Å². The highest BCUT2D eigenvalue weighted by molar-refractivity contribution is 6.37. The molecule has 168 valence electrons. The molecule has 5 nitrogen and oxygen atoms in total. The molecule has 0 unspecified atom stereocenters. The first-order valence-electron chi connectivity index (χ1n) is 10.2. The van der Waals surface area contributed by atoms with Crippen LogP contribution in [-0.4, -0.2) is 12.5 Å².